The summed E-state index contributed by atoms with van der Waals surface area (Å²) in [6, 6.07) is 11.4. The molecular weight excluding hydrogens is 413 g/mol. The highest BCUT2D eigenvalue weighted by molar-refractivity contribution is 7.91. The van der Waals surface area contributed by atoms with Gasteiger partial charge in [-0.25, -0.2) is 12.8 Å². The van der Waals surface area contributed by atoms with Gasteiger partial charge < -0.3 is 5.32 Å². The number of aromatic nitrogens is 2. The molecule has 6 nitrogen and oxygen atoms in total. The van der Waals surface area contributed by atoms with Crippen molar-refractivity contribution in [1.29, 1.82) is 0 Å². The predicted octanol–water partition coefficient (Wildman–Crippen LogP) is 3.08. The molecule has 1 fully saturated rings. The second kappa shape index (κ2) is 8.08. The first-order chi connectivity index (χ1) is 13.9. The number of carbonyl (C=O) groups excluding carboxylic acids is 1. The Bertz CT molecular complexity index is 1110. The van der Waals surface area contributed by atoms with E-state index < -0.39 is 9.84 Å². The van der Waals surface area contributed by atoms with E-state index in [1.165, 1.54) is 23.5 Å². The average molecular weight is 434 g/mol. The Balaban J connectivity index is 1.50. The highest BCUT2D eigenvalue weighted by Gasteiger charge is 2.32. The van der Waals surface area contributed by atoms with Crippen molar-refractivity contribution in [2.24, 2.45) is 0 Å². The van der Waals surface area contributed by atoms with Crippen molar-refractivity contribution >= 4 is 27.1 Å². The molecule has 1 unspecified atom stereocenters. The van der Waals surface area contributed by atoms with E-state index in [4.69, 9.17) is 0 Å². The van der Waals surface area contributed by atoms with Crippen LogP contribution in [0.15, 0.2) is 47.8 Å². The minimum atomic E-state index is -3.07. The Morgan fingerprint density at radius 3 is 2.72 bits per heavy atom. The third-order valence-corrected chi connectivity index (χ3v) is 7.55. The quantitative estimate of drug-likeness (QED) is 0.648. The molecule has 152 valence electrons. The highest BCUT2D eigenvalue weighted by atomic mass is 32.2. The van der Waals surface area contributed by atoms with Crippen molar-refractivity contribution in [3.05, 3.63) is 64.9 Å². The lowest BCUT2D eigenvalue weighted by atomic mass is 10.1. The first kappa shape index (κ1) is 19.8. The van der Waals surface area contributed by atoms with Crippen LogP contribution < -0.4 is 5.32 Å². The van der Waals surface area contributed by atoms with Crippen molar-refractivity contribution in [1.82, 2.24) is 15.1 Å². The van der Waals surface area contributed by atoms with Gasteiger partial charge in [-0.3, -0.25) is 9.48 Å². The molecule has 0 radical (unpaired) electrons. The molecule has 2 aromatic heterocycles. The van der Waals surface area contributed by atoms with Crippen LogP contribution in [0.3, 0.4) is 0 Å². The first-order valence-corrected chi connectivity index (χ1v) is 12.0. The van der Waals surface area contributed by atoms with Gasteiger partial charge in [-0.2, -0.15) is 5.10 Å². The van der Waals surface area contributed by atoms with Crippen LogP contribution in [0.5, 0.6) is 0 Å². The van der Waals surface area contributed by atoms with Gasteiger partial charge in [-0.05, 0) is 48.1 Å². The highest BCUT2D eigenvalue weighted by Crippen LogP contribution is 2.32. The van der Waals surface area contributed by atoms with Crippen molar-refractivity contribution in [3.8, 4) is 10.6 Å². The number of hydrogen-bond donors (Lipinski definition) is 1. The zero-order valence-corrected chi connectivity index (χ0v) is 17.2. The summed E-state index contributed by atoms with van der Waals surface area (Å²) >= 11 is 1.52. The van der Waals surface area contributed by atoms with Gasteiger partial charge in [0.1, 0.15) is 5.82 Å². The van der Waals surface area contributed by atoms with Crippen LogP contribution in [0.25, 0.3) is 10.6 Å². The smallest absolute Gasteiger partial charge is 0.271 e. The molecule has 0 aliphatic carbocycles. The van der Waals surface area contributed by atoms with Crippen molar-refractivity contribution in [2.75, 3.05) is 18.1 Å². The molecule has 29 heavy (non-hydrogen) atoms. The van der Waals surface area contributed by atoms with Gasteiger partial charge in [0, 0.05) is 6.54 Å². The van der Waals surface area contributed by atoms with Crippen LogP contribution >= 0.6 is 11.3 Å². The minimum absolute atomic E-state index is 0.0404. The summed E-state index contributed by atoms with van der Waals surface area (Å²) in [4.78, 5) is 13.5. The number of amides is 1. The Labute approximate surface area is 172 Å². The number of sulfone groups is 1. The van der Waals surface area contributed by atoms with Crippen molar-refractivity contribution in [2.45, 2.75) is 18.9 Å². The summed E-state index contributed by atoms with van der Waals surface area (Å²) in [6.45, 7) is 0.392. The van der Waals surface area contributed by atoms with E-state index in [-0.39, 0.29) is 35.0 Å². The predicted molar refractivity (Wildman–Crippen MR) is 110 cm³/mol. The number of halogens is 1. The molecule has 3 heterocycles. The maximum Gasteiger partial charge on any atom is 0.271 e. The first-order valence-electron chi connectivity index (χ1n) is 9.28. The summed E-state index contributed by atoms with van der Waals surface area (Å²) in [6.07, 6.45) is 1.07. The third kappa shape index (κ3) is 4.56. The van der Waals surface area contributed by atoms with Gasteiger partial charge >= 0.3 is 0 Å². The molecule has 1 aromatic carbocycles. The molecule has 4 rings (SSSR count). The molecule has 0 bridgehead atoms. The largest absolute Gasteiger partial charge is 0.350 e. The monoisotopic (exact) mass is 433 g/mol. The summed E-state index contributed by atoms with van der Waals surface area (Å²) < 4.78 is 38.5. The summed E-state index contributed by atoms with van der Waals surface area (Å²) in [5.74, 6) is -0.429. The molecule has 1 amide bonds. The second-order valence-electron chi connectivity index (χ2n) is 7.03. The molecule has 1 N–H and O–H groups in total. The Morgan fingerprint density at radius 1 is 1.28 bits per heavy atom. The van der Waals surface area contributed by atoms with E-state index in [0.717, 1.165) is 16.1 Å². The van der Waals surface area contributed by atoms with Gasteiger partial charge in [0.2, 0.25) is 0 Å². The van der Waals surface area contributed by atoms with Crippen LogP contribution in [0, 0.1) is 5.82 Å². The van der Waals surface area contributed by atoms with Gasteiger partial charge in [-0.1, -0.05) is 18.2 Å². The molecule has 1 aliphatic rings. The van der Waals surface area contributed by atoms with Gasteiger partial charge in [-0.15, -0.1) is 11.3 Å². The van der Waals surface area contributed by atoms with Gasteiger partial charge in [0.05, 0.1) is 28.1 Å². The normalized spacial score (nSPS) is 18.0. The molecule has 9 heteroatoms. The SMILES string of the molecule is O=C(NCCc1ccc(F)cc1)c1cc(-c2cccs2)n(C2CCS(=O)(=O)C2)n1. The van der Waals surface area contributed by atoms with Gasteiger partial charge in [0.25, 0.3) is 5.91 Å². The number of thiophene rings is 1. The zero-order valence-electron chi connectivity index (χ0n) is 15.5. The number of benzene rings is 1. The molecule has 1 atom stereocenters. The third-order valence-electron chi connectivity index (χ3n) is 4.91. The summed E-state index contributed by atoms with van der Waals surface area (Å²) in [7, 11) is -3.07. The zero-order chi connectivity index (χ0) is 20.4. The molecule has 3 aromatic rings. The number of nitrogens with zero attached hydrogens (tertiary/aromatic N) is 2. The van der Waals surface area contributed by atoms with Crippen molar-refractivity contribution in [3.63, 3.8) is 0 Å². The van der Waals surface area contributed by atoms with Crippen LogP contribution in [0.1, 0.15) is 28.5 Å². The van der Waals surface area contributed by atoms with E-state index in [9.17, 15) is 17.6 Å². The summed E-state index contributed by atoms with van der Waals surface area (Å²) in [5, 5.41) is 9.21. The minimum Gasteiger partial charge on any atom is -0.350 e. The standard InChI is InChI=1S/C20H20FN3O3S2/c21-15-5-3-14(4-6-15)7-9-22-20(25)17-12-18(19-2-1-10-28-19)24(23-17)16-8-11-29(26,27)13-16/h1-6,10,12,16H,7-9,11,13H2,(H,22,25). The van der Waals surface area contributed by atoms with Crippen LogP contribution in [-0.2, 0) is 16.3 Å². The number of carbonyl (C=O) groups is 1. The van der Waals surface area contributed by atoms with Crippen LogP contribution in [0.4, 0.5) is 4.39 Å². The van der Waals surface area contributed by atoms with Crippen LogP contribution in [0.2, 0.25) is 0 Å². The van der Waals surface area contributed by atoms with Crippen LogP contribution in [-0.4, -0.2) is 42.2 Å². The molecular formula is C20H20FN3O3S2. The lowest BCUT2D eigenvalue weighted by molar-refractivity contribution is 0.0948. The average Bonchev–Trinajstić information content (AvgIpc) is 3.41. The fraction of sp³-hybridized carbons (Fsp3) is 0.300. The lowest BCUT2D eigenvalue weighted by Gasteiger charge is -2.12. The van der Waals surface area contributed by atoms with E-state index in [0.29, 0.717) is 19.4 Å². The maximum absolute atomic E-state index is 13.0. The Kier molecular flexibility index (Phi) is 5.51. The second-order valence-corrected chi connectivity index (χ2v) is 10.2. The topological polar surface area (TPSA) is 81.1 Å². The number of rotatable bonds is 6. The number of hydrogen-bond acceptors (Lipinski definition) is 5. The van der Waals surface area contributed by atoms with E-state index in [1.807, 2.05) is 17.5 Å². The molecule has 1 saturated heterocycles. The Hall–Kier alpha value is -2.52. The van der Waals surface area contributed by atoms with E-state index in [1.54, 1.807) is 22.9 Å². The Morgan fingerprint density at radius 2 is 2.07 bits per heavy atom. The fourth-order valence-corrected chi connectivity index (χ4v) is 5.85. The van der Waals surface area contributed by atoms with E-state index >= 15 is 0 Å². The molecule has 0 saturated carbocycles. The molecule has 0 spiro atoms. The lowest BCUT2D eigenvalue weighted by Crippen LogP contribution is -2.26. The van der Waals surface area contributed by atoms with E-state index in [2.05, 4.69) is 10.4 Å². The van der Waals surface area contributed by atoms with Gasteiger partial charge in [0.15, 0.2) is 15.5 Å². The maximum atomic E-state index is 13.0. The fourth-order valence-electron chi connectivity index (χ4n) is 3.42. The van der Waals surface area contributed by atoms with Crippen molar-refractivity contribution < 1.29 is 17.6 Å². The molecule has 1 aliphatic heterocycles. The number of nitrogens with one attached hydrogen (secondary N) is 1. The summed E-state index contributed by atoms with van der Waals surface area (Å²) in [5.41, 5.74) is 1.94.